The zero-order chi connectivity index (χ0) is 23.0. The lowest BCUT2D eigenvalue weighted by atomic mass is 9.96. The summed E-state index contributed by atoms with van der Waals surface area (Å²) in [7, 11) is -1.92. The van der Waals surface area contributed by atoms with Gasteiger partial charge in [-0.05, 0) is 42.8 Å². The monoisotopic (exact) mass is 453 g/mol. The average molecular weight is 454 g/mol. The first-order chi connectivity index (χ1) is 16.0. The van der Waals surface area contributed by atoms with Crippen LogP contribution >= 0.6 is 0 Å². The number of benzene rings is 3. The predicted molar refractivity (Wildman–Crippen MR) is 134 cm³/mol. The smallest absolute Gasteiger partial charge is 0.263 e. The molecule has 0 amide bonds. The molecule has 0 bridgehead atoms. The van der Waals surface area contributed by atoms with E-state index in [-0.39, 0.29) is 4.90 Å². The van der Waals surface area contributed by atoms with Gasteiger partial charge < -0.3 is 4.57 Å². The van der Waals surface area contributed by atoms with Crippen molar-refractivity contribution in [2.45, 2.75) is 11.8 Å². The molecule has 5 aromatic rings. The molecule has 5 rings (SSSR count). The first kappa shape index (κ1) is 21.0. The summed E-state index contributed by atoms with van der Waals surface area (Å²) in [5.41, 5.74) is 5.44. The molecule has 0 fully saturated rings. The zero-order valence-electron chi connectivity index (χ0n) is 18.4. The molecule has 0 saturated heterocycles. The highest BCUT2D eigenvalue weighted by atomic mass is 32.2. The van der Waals surface area contributed by atoms with Gasteiger partial charge in [0.2, 0.25) is 0 Å². The predicted octanol–water partition coefficient (Wildman–Crippen LogP) is 6.02. The van der Waals surface area contributed by atoms with Crippen LogP contribution < -0.4 is 4.72 Å². The highest BCUT2D eigenvalue weighted by Crippen LogP contribution is 2.42. The number of para-hydroxylation sites is 1. The second-order valence-corrected chi connectivity index (χ2v) is 9.66. The Morgan fingerprint density at radius 1 is 0.788 bits per heavy atom. The Kier molecular flexibility index (Phi) is 5.23. The van der Waals surface area contributed by atoms with Crippen LogP contribution in [0.15, 0.2) is 102 Å². The van der Waals surface area contributed by atoms with E-state index in [0.717, 1.165) is 38.9 Å². The van der Waals surface area contributed by atoms with Gasteiger partial charge in [-0.1, -0.05) is 66.2 Å². The number of hydrogen-bond donors (Lipinski definition) is 1. The van der Waals surface area contributed by atoms with Crippen molar-refractivity contribution in [1.29, 1.82) is 0 Å². The number of aryl methyl sites for hydroxylation is 2. The SMILES string of the molecule is Cc1ccc(S(=O)(=O)Nc2c(-c3ccccc3-c3ccccn3)c3ccccc3n2C)cc1. The quantitative estimate of drug-likeness (QED) is 0.354. The zero-order valence-corrected chi connectivity index (χ0v) is 19.2. The van der Waals surface area contributed by atoms with Crippen LogP contribution in [0.4, 0.5) is 5.82 Å². The molecule has 2 heterocycles. The van der Waals surface area contributed by atoms with Crippen molar-refractivity contribution in [2.75, 3.05) is 4.72 Å². The van der Waals surface area contributed by atoms with E-state index in [1.165, 1.54) is 0 Å². The topological polar surface area (TPSA) is 64.0 Å². The van der Waals surface area contributed by atoms with Crippen molar-refractivity contribution >= 4 is 26.7 Å². The number of nitrogens with one attached hydrogen (secondary N) is 1. The Bertz CT molecular complexity index is 1550. The highest BCUT2D eigenvalue weighted by Gasteiger charge is 2.24. The number of hydrogen-bond acceptors (Lipinski definition) is 3. The van der Waals surface area contributed by atoms with Crippen molar-refractivity contribution in [3.05, 3.63) is 103 Å². The molecule has 6 heteroatoms. The third kappa shape index (κ3) is 3.79. The van der Waals surface area contributed by atoms with Crippen molar-refractivity contribution in [2.24, 2.45) is 7.05 Å². The minimum atomic E-state index is -3.79. The maximum atomic E-state index is 13.3. The second-order valence-electron chi connectivity index (χ2n) is 7.98. The molecule has 0 atom stereocenters. The molecule has 0 aliphatic heterocycles. The number of sulfonamides is 1. The molecule has 0 unspecified atom stereocenters. The molecule has 33 heavy (non-hydrogen) atoms. The lowest BCUT2D eigenvalue weighted by Crippen LogP contribution is -2.15. The van der Waals surface area contributed by atoms with Gasteiger partial charge in [0.25, 0.3) is 10.0 Å². The number of anilines is 1. The first-order valence-electron chi connectivity index (χ1n) is 10.6. The van der Waals surface area contributed by atoms with Gasteiger partial charge in [0, 0.05) is 29.8 Å². The van der Waals surface area contributed by atoms with Crippen LogP contribution in [0.25, 0.3) is 33.3 Å². The Labute approximate surface area is 193 Å². The molecule has 5 nitrogen and oxygen atoms in total. The van der Waals surface area contributed by atoms with E-state index >= 15 is 0 Å². The molecule has 3 aromatic carbocycles. The Morgan fingerprint density at radius 2 is 1.45 bits per heavy atom. The Hall–Kier alpha value is -3.90. The van der Waals surface area contributed by atoms with Crippen molar-refractivity contribution in [1.82, 2.24) is 9.55 Å². The molecule has 1 N–H and O–H groups in total. The third-order valence-electron chi connectivity index (χ3n) is 5.81. The van der Waals surface area contributed by atoms with Crippen molar-refractivity contribution in [3.8, 4) is 22.4 Å². The van der Waals surface area contributed by atoms with E-state index in [4.69, 9.17) is 0 Å². The molecular weight excluding hydrogens is 430 g/mol. The van der Waals surface area contributed by atoms with Crippen molar-refractivity contribution in [3.63, 3.8) is 0 Å². The first-order valence-corrected chi connectivity index (χ1v) is 12.1. The largest absolute Gasteiger partial charge is 0.329 e. The van der Waals surface area contributed by atoms with Crippen LogP contribution in [-0.4, -0.2) is 18.0 Å². The van der Waals surface area contributed by atoms with Gasteiger partial charge in [-0.2, -0.15) is 0 Å². The van der Waals surface area contributed by atoms with E-state index in [0.29, 0.717) is 5.82 Å². The number of nitrogens with zero attached hydrogens (tertiary/aromatic N) is 2. The summed E-state index contributed by atoms with van der Waals surface area (Å²) in [5.74, 6) is 0.514. The summed E-state index contributed by atoms with van der Waals surface area (Å²) in [6.07, 6.45) is 1.76. The minimum absolute atomic E-state index is 0.224. The lowest BCUT2D eigenvalue weighted by Gasteiger charge is -2.14. The van der Waals surface area contributed by atoms with E-state index in [1.54, 1.807) is 30.5 Å². The number of aromatic nitrogens is 2. The fourth-order valence-electron chi connectivity index (χ4n) is 4.14. The number of pyridine rings is 1. The maximum Gasteiger partial charge on any atom is 0.263 e. The third-order valence-corrected chi connectivity index (χ3v) is 7.16. The molecule has 0 aliphatic carbocycles. The summed E-state index contributed by atoms with van der Waals surface area (Å²) < 4.78 is 31.5. The molecule has 164 valence electrons. The van der Waals surface area contributed by atoms with Gasteiger partial charge in [-0.25, -0.2) is 8.42 Å². The normalized spacial score (nSPS) is 11.6. The standard InChI is InChI=1S/C27H23N3O2S/c1-19-14-16-20(17-15-19)33(31,32)29-27-26(23-11-5-6-13-25(23)30(27)2)22-10-4-3-9-21(22)24-12-7-8-18-28-24/h3-18,29H,1-2H3. The fourth-order valence-corrected chi connectivity index (χ4v) is 5.24. The summed E-state index contributed by atoms with van der Waals surface area (Å²) in [5, 5.41) is 0.963. The molecule has 0 saturated carbocycles. The summed E-state index contributed by atoms with van der Waals surface area (Å²) in [6, 6.07) is 28.5. The lowest BCUT2D eigenvalue weighted by molar-refractivity contribution is 0.600. The average Bonchev–Trinajstić information content (AvgIpc) is 3.11. The van der Waals surface area contributed by atoms with E-state index < -0.39 is 10.0 Å². The summed E-state index contributed by atoms with van der Waals surface area (Å²) in [4.78, 5) is 4.76. The molecule has 0 radical (unpaired) electrons. The minimum Gasteiger partial charge on any atom is -0.329 e. The van der Waals surface area contributed by atoms with Gasteiger partial charge in [-0.3, -0.25) is 9.71 Å². The Balaban J connectivity index is 1.75. The van der Waals surface area contributed by atoms with Crippen LogP contribution in [0.1, 0.15) is 5.56 Å². The van der Waals surface area contributed by atoms with E-state index in [9.17, 15) is 8.42 Å². The number of fused-ring (bicyclic) bond motifs is 1. The van der Waals surface area contributed by atoms with Crippen LogP contribution in [0, 0.1) is 6.92 Å². The van der Waals surface area contributed by atoms with Crippen molar-refractivity contribution < 1.29 is 8.42 Å². The molecule has 0 spiro atoms. The second kappa shape index (κ2) is 8.22. The van der Waals surface area contributed by atoms with Gasteiger partial charge in [0.15, 0.2) is 0 Å². The molecule has 2 aromatic heterocycles. The molecule has 0 aliphatic rings. The van der Waals surface area contributed by atoms with Gasteiger partial charge in [-0.15, -0.1) is 0 Å². The van der Waals surface area contributed by atoms with E-state index in [2.05, 4.69) is 9.71 Å². The van der Waals surface area contributed by atoms with E-state index in [1.807, 2.05) is 85.3 Å². The summed E-state index contributed by atoms with van der Waals surface area (Å²) in [6.45, 7) is 1.93. The summed E-state index contributed by atoms with van der Waals surface area (Å²) >= 11 is 0. The fraction of sp³-hybridized carbons (Fsp3) is 0.0741. The maximum absolute atomic E-state index is 13.3. The molecular formula is C27H23N3O2S. The van der Waals surface area contributed by atoms with Crippen LogP contribution in [0.5, 0.6) is 0 Å². The van der Waals surface area contributed by atoms with Crippen LogP contribution in [-0.2, 0) is 17.1 Å². The number of rotatable bonds is 5. The highest BCUT2D eigenvalue weighted by molar-refractivity contribution is 7.92. The Morgan fingerprint density at radius 3 is 2.18 bits per heavy atom. The van der Waals surface area contributed by atoms with Crippen LogP contribution in [0.3, 0.4) is 0 Å². The van der Waals surface area contributed by atoms with Gasteiger partial charge in [0.1, 0.15) is 5.82 Å². The van der Waals surface area contributed by atoms with Gasteiger partial charge >= 0.3 is 0 Å². The van der Waals surface area contributed by atoms with Gasteiger partial charge in [0.05, 0.1) is 16.1 Å². The van der Waals surface area contributed by atoms with Crippen LogP contribution in [0.2, 0.25) is 0 Å².